The van der Waals surface area contributed by atoms with Crippen molar-refractivity contribution in [3.05, 3.63) is 35.4 Å². The fourth-order valence-electron chi connectivity index (χ4n) is 1.94. The molecule has 0 bridgehead atoms. The van der Waals surface area contributed by atoms with Gasteiger partial charge in [-0.3, -0.25) is 0 Å². The van der Waals surface area contributed by atoms with Gasteiger partial charge in [-0.1, -0.05) is 31.2 Å². The smallest absolute Gasteiger partial charge is 0.0177 e. The SMILES string of the molecule is Cc1ccccc1C1(C)CNC1. The lowest BCUT2D eigenvalue weighted by Crippen LogP contribution is -2.54. The third-order valence-electron chi connectivity index (χ3n) is 2.83. The molecule has 1 heteroatoms. The summed E-state index contributed by atoms with van der Waals surface area (Å²) in [7, 11) is 0. The van der Waals surface area contributed by atoms with E-state index < -0.39 is 0 Å². The van der Waals surface area contributed by atoms with Crippen molar-refractivity contribution in [3.63, 3.8) is 0 Å². The first kappa shape index (κ1) is 7.81. The van der Waals surface area contributed by atoms with Crippen LogP contribution in [0.25, 0.3) is 0 Å². The minimum absolute atomic E-state index is 0.394. The zero-order valence-electron chi connectivity index (χ0n) is 7.72. The minimum atomic E-state index is 0.394. The largest absolute Gasteiger partial charge is 0.315 e. The van der Waals surface area contributed by atoms with E-state index in [4.69, 9.17) is 0 Å². The standard InChI is InChI=1S/C11H15N/c1-9-5-3-4-6-10(9)11(2)7-12-8-11/h3-6,12H,7-8H2,1-2H3. The second-order valence-corrected chi connectivity index (χ2v) is 3.98. The van der Waals surface area contributed by atoms with E-state index >= 15 is 0 Å². The van der Waals surface area contributed by atoms with E-state index in [9.17, 15) is 0 Å². The van der Waals surface area contributed by atoms with Gasteiger partial charge in [-0.15, -0.1) is 0 Å². The highest BCUT2D eigenvalue weighted by molar-refractivity contribution is 5.35. The lowest BCUT2D eigenvalue weighted by atomic mass is 9.75. The fraction of sp³-hybridized carbons (Fsp3) is 0.455. The molecular weight excluding hydrogens is 146 g/mol. The van der Waals surface area contributed by atoms with Crippen LogP contribution in [0.5, 0.6) is 0 Å². The van der Waals surface area contributed by atoms with Gasteiger partial charge in [0.15, 0.2) is 0 Å². The summed E-state index contributed by atoms with van der Waals surface area (Å²) in [6.45, 7) is 6.76. The number of aryl methyl sites for hydroxylation is 1. The van der Waals surface area contributed by atoms with Crippen molar-refractivity contribution in [3.8, 4) is 0 Å². The molecular formula is C11H15N. The van der Waals surface area contributed by atoms with Crippen LogP contribution in [0.1, 0.15) is 18.1 Å². The highest BCUT2D eigenvalue weighted by Crippen LogP contribution is 2.29. The molecule has 1 heterocycles. The number of rotatable bonds is 1. The first-order valence-electron chi connectivity index (χ1n) is 4.49. The molecule has 0 spiro atoms. The van der Waals surface area contributed by atoms with Crippen LogP contribution >= 0.6 is 0 Å². The second-order valence-electron chi connectivity index (χ2n) is 3.98. The van der Waals surface area contributed by atoms with Crippen molar-refractivity contribution >= 4 is 0 Å². The molecule has 64 valence electrons. The van der Waals surface area contributed by atoms with E-state index in [0.29, 0.717) is 5.41 Å². The number of hydrogen-bond donors (Lipinski definition) is 1. The maximum Gasteiger partial charge on any atom is 0.0177 e. The quantitative estimate of drug-likeness (QED) is 0.663. The molecule has 0 amide bonds. The maximum atomic E-state index is 3.33. The molecule has 0 saturated carbocycles. The van der Waals surface area contributed by atoms with Gasteiger partial charge in [0, 0.05) is 18.5 Å². The molecule has 2 rings (SSSR count). The van der Waals surface area contributed by atoms with Gasteiger partial charge < -0.3 is 5.32 Å². The Balaban J connectivity index is 2.39. The Morgan fingerprint density at radius 1 is 1.25 bits per heavy atom. The fourth-order valence-corrected chi connectivity index (χ4v) is 1.94. The monoisotopic (exact) mass is 161 g/mol. The van der Waals surface area contributed by atoms with E-state index in [-0.39, 0.29) is 0 Å². The molecule has 1 aromatic rings. The molecule has 0 atom stereocenters. The summed E-state index contributed by atoms with van der Waals surface area (Å²) in [4.78, 5) is 0. The van der Waals surface area contributed by atoms with Gasteiger partial charge in [0.2, 0.25) is 0 Å². The lowest BCUT2D eigenvalue weighted by Gasteiger charge is -2.40. The van der Waals surface area contributed by atoms with Gasteiger partial charge in [-0.2, -0.15) is 0 Å². The summed E-state index contributed by atoms with van der Waals surface area (Å²) in [5.74, 6) is 0. The third-order valence-corrected chi connectivity index (χ3v) is 2.83. The van der Waals surface area contributed by atoms with Crippen LogP contribution in [0.3, 0.4) is 0 Å². The van der Waals surface area contributed by atoms with E-state index in [2.05, 4.69) is 43.4 Å². The normalized spacial score (nSPS) is 20.2. The summed E-state index contributed by atoms with van der Waals surface area (Å²) in [5, 5.41) is 3.33. The van der Waals surface area contributed by atoms with Gasteiger partial charge >= 0.3 is 0 Å². The van der Waals surface area contributed by atoms with E-state index in [1.165, 1.54) is 11.1 Å². The van der Waals surface area contributed by atoms with Crippen LogP contribution in [0.4, 0.5) is 0 Å². The predicted molar refractivity (Wildman–Crippen MR) is 51.4 cm³/mol. The van der Waals surface area contributed by atoms with Gasteiger partial charge in [-0.05, 0) is 18.1 Å². The predicted octanol–water partition coefficient (Wildman–Crippen LogP) is 1.86. The van der Waals surface area contributed by atoms with Crippen molar-refractivity contribution < 1.29 is 0 Å². The highest BCUT2D eigenvalue weighted by atomic mass is 15.0. The van der Waals surface area contributed by atoms with Gasteiger partial charge in [0.25, 0.3) is 0 Å². The van der Waals surface area contributed by atoms with E-state index in [1.807, 2.05) is 0 Å². The first-order valence-corrected chi connectivity index (χ1v) is 4.49. The Labute approximate surface area is 73.8 Å². The Hall–Kier alpha value is -0.820. The average molecular weight is 161 g/mol. The molecule has 1 saturated heterocycles. The molecule has 1 N–H and O–H groups in total. The molecule has 0 aromatic heterocycles. The zero-order valence-corrected chi connectivity index (χ0v) is 7.72. The molecule has 0 radical (unpaired) electrons. The molecule has 1 aromatic carbocycles. The molecule has 12 heavy (non-hydrogen) atoms. The van der Waals surface area contributed by atoms with Crippen molar-refractivity contribution in [1.82, 2.24) is 5.32 Å². The van der Waals surface area contributed by atoms with Crippen molar-refractivity contribution in [2.24, 2.45) is 0 Å². The Morgan fingerprint density at radius 3 is 2.42 bits per heavy atom. The minimum Gasteiger partial charge on any atom is -0.315 e. The van der Waals surface area contributed by atoms with E-state index in [0.717, 1.165) is 13.1 Å². The number of benzene rings is 1. The van der Waals surface area contributed by atoms with Crippen molar-refractivity contribution in [1.29, 1.82) is 0 Å². The van der Waals surface area contributed by atoms with Crippen molar-refractivity contribution in [2.75, 3.05) is 13.1 Å². The lowest BCUT2D eigenvalue weighted by molar-refractivity contribution is 0.304. The van der Waals surface area contributed by atoms with Crippen LogP contribution < -0.4 is 5.32 Å². The van der Waals surface area contributed by atoms with Gasteiger partial charge in [0.05, 0.1) is 0 Å². The summed E-state index contributed by atoms with van der Waals surface area (Å²) < 4.78 is 0. The van der Waals surface area contributed by atoms with Crippen molar-refractivity contribution in [2.45, 2.75) is 19.3 Å². The summed E-state index contributed by atoms with van der Waals surface area (Å²) >= 11 is 0. The van der Waals surface area contributed by atoms with Gasteiger partial charge in [-0.25, -0.2) is 0 Å². The van der Waals surface area contributed by atoms with Crippen LogP contribution in [0, 0.1) is 6.92 Å². The maximum absolute atomic E-state index is 3.33. The summed E-state index contributed by atoms with van der Waals surface area (Å²) in [6, 6.07) is 8.68. The molecule has 1 aliphatic rings. The Morgan fingerprint density at radius 2 is 1.92 bits per heavy atom. The second kappa shape index (κ2) is 2.60. The Bertz CT molecular complexity index is 287. The molecule has 0 aliphatic carbocycles. The van der Waals surface area contributed by atoms with E-state index in [1.54, 1.807) is 0 Å². The molecule has 1 fully saturated rings. The number of hydrogen-bond acceptors (Lipinski definition) is 1. The van der Waals surface area contributed by atoms with Crippen LogP contribution in [0.15, 0.2) is 24.3 Å². The van der Waals surface area contributed by atoms with Crippen LogP contribution in [-0.2, 0) is 5.41 Å². The topological polar surface area (TPSA) is 12.0 Å². The Kier molecular flexibility index (Phi) is 1.69. The molecule has 1 aliphatic heterocycles. The third kappa shape index (κ3) is 1.05. The van der Waals surface area contributed by atoms with Gasteiger partial charge in [0.1, 0.15) is 0 Å². The number of nitrogens with one attached hydrogen (secondary N) is 1. The average Bonchev–Trinajstić information content (AvgIpc) is 2.01. The molecule has 1 nitrogen and oxygen atoms in total. The summed E-state index contributed by atoms with van der Waals surface area (Å²) in [5.41, 5.74) is 3.32. The van der Waals surface area contributed by atoms with Crippen LogP contribution in [0.2, 0.25) is 0 Å². The molecule has 0 unspecified atom stereocenters. The first-order chi connectivity index (χ1) is 5.72. The highest BCUT2D eigenvalue weighted by Gasteiger charge is 2.34. The van der Waals surface area contributed by atoms with Crippen LogP contribution in [-0.4, -0.2) is 13.1 Å². The zero-order chi connectivity index (χ0) is 8.60. The summed E-state index contributed by atoms with van der Waals surface area (Å²) in [6.07, 6.45) is 0.